The number of rotatable bonds is 4. The fourth-order valence-electron chi connectivity index (χ4n) is 1.79. The van der Waals surface area contributed by atoms with E-state index in [-0.39, 0.29) is 5.92 Å². The second kappa shape index (κ2) is 6.72. The molecule has 18 heavy (non-hydrogen) atoms. The van der Waals surface area contributed by atoms with Crippen molar-refractivity contribution in [3.05, 3.63) is 24.3 Å². The summed E-state index contributed by atoms with van der Waals surface area (Å²) >= 11 is 5.40. The molecule has 0 saturated carbocycles. The van der Waals surface area contributed by atoms with Gasteiger partial charge in [-0.05, 0) is 6.07 Å². The van der Waals surface area contributed by atoms with Crippen LogP contribution >= 0.6 is 12.2 Å². The maximum absolute atomic E-state index is 5.40. The van der Waals surface area contributed by atoms with Gasteiger partial charge in [0, 0.05) is 25.2 Å². The summed E-state index contributed by atoms with van der Waals surface area (Å²) in [5, 5.41) is 3.29. The summed E-state index contributed by atoms with van der Waals surface area (Å²) in [4.78, 5) is 11.2. The molecule has 1 N–H and O–H groups in total. The highest BCUT2D eigenvalue weighted by molar-refractivity contribution is 7.80. The Balaban J connectivity index is 1.80. The predicted molar refractivity (Wildman–Crippen MR) is 73.4 cm³/mol. The van der Waals surface area contributed by atoms with Crippen molar-refractivity contribution in [3.8, 4) is 0 Å². The molecule has 1 unspecified atom stereocenters. The van der Waals surface area contributed by atoms with Gasteiger partial charge in [-0.1, -0.05) is 19.1 Å². The van der Waals surface area contributed by atoms with E-state index in [0.717, 1.165) is 43.7 Å². The number of nitrogens with zero attached hydrogens (tertiary/aromatic N) is 3. The zero-order valence-corrected chi connectivity index (χ0v) is 11.3. The number of ether oxygens (including phenoxy) is 1. The molecule has 0 radical (unpaired) electrons. The van der Waals surface area contributed by atoms with Crippen LogP contribution in [0.25, 0.3) is 0 Å². The first-order chi connectivity index (χ1) is 8.77. The van der Waals surface area contributed by atoms with E-state index in [9.17, 15) is 0 Å². The lowest BCUT2D eigenvalue weighted by molar-refractivity contribution is 0.0366. The normalized spacial score (nSPS) is 18.3. The molecule has 98 valence electrons. The molecule has 2 rings (SSSR count). The van der Waals surface area contributed by atoms with E-state index < -0.39 is 0 Å². The van der Waals surface area contributed by atoms with E-state index >= 15 is 0 Å². The standard InChI is InChI=1S/C12H18N4OS/c1-10(11-2-3-13-8-14-11)12(18)15-9-16-4-6-17-7-5-16/h2-3,8,10H,4-7,9H2,1H3,(H,15,18). The van der Waals surface area contributed by atoms with Gasteiger partial charge in [-0.2, -0.15) is 0 Å². The third-order valence-corrected chi connectivity index (χ3v) is 3.52. The van der Waals surface area contributed by atoms with Crippen LogP contribution in [0.15, 0.2) is 18.6 Å². The lowest BCUT2D eigenvalue weighted by Gasteiger charge is -2.27. The molecule has 0 aromatic carbocycles. The fourth-order valence-corrected chi connectivity index (χ4v) is 1.98. The van der Waals surface area contributed by atoms with Gasteiger partial charge >= 0.3 is 0 Å². The predicted octanol–water partition coefficient (Wildman–Crippen LogP) is 0.787. The highest BCUT2D eigenvalue weighted by atomic mass is 32.1. The van der Waals surface area contributed by atoms with Crippen molar-refractivity contribution in [2.75, 3.05) is 33.0 Å². The van der Waals surface area contributed by atoms with Crippen molar-refractivity contribution in [2.45, 2.75) is 12.8 Å². The first-order valence-electron chi connectivity index (χ1n) is 6.11. The molecule has 1 saturated heterocycles. The van der Waals surface area contributed by atoms with Gasteiger partial charge in [0.05, 0.1) is 30.6 Å². The largest absolute Gasteiger partial charge is 0.379 e. The number of morpholine rings is 1. The minimum absolute atomic E-state index is 0.115. The molecule has 5 nitrogen and oxygen atoms in total. The fraction of sp³-hybridized carbons (Fsp3) is 0.583. The molecule has 1 atom stereocenters. The van der Waals surface area contributed by atoms with E-state index in [4.69, 9.17) is 17.0 Å². The van der Waals surface area contributed by atoms with Crippen molar-refractivity contribution < 1.29 is 4.74 Å². The Hall–Kier alpha value is -1.11. The first kappa shape index (κ1) is 13.3. The van der Waals surface area contributed by atoms with E-state index in [1.807, 2.05) is 6.07 Å². The first-order valence-corrected chi connectivity index (χ1v) is 6.52. The summed E-state index contributed by atoms with van der Waals surface area (Å²) in [6, 6.07) is 1.90. The number of hydrogen-bond donors (Lipinski definition) is 1. The van der Waals surface area contributed by atoms with Crippen LogP contribution < -0.4 is 5.32 Å². The van der Waals surface area contributed by atoms with Crippen molar-refractivity contribution in [1.82, 2.24) is 20.2 Å². The van der Waals surface area contributed by atoms with Crippen molar-refractivity contribution in [3.63, 3.8) is 0 Å². The quantitative estimate of drug-likeness (QED) is 0.813. The SMILES string of the molecule is CC(C(=S)NCN1CCOCC1)c1ccncn1. The van der Waals surface area contributed by atoms with Crippen LogP contribution in [0.3, 0.4) is 0 Å². The van der Waals surface area contributed by atoms with Gasteiger partial charge in [-0.15, -0.1) is 0 Å². The molecule has 1 aromatic rings. The molecular formula is C12H18N4OS. The van der Waals surface area contributed by atoms with Crippen molar-refractivity contribution in [1.29, 1.82) is 0 Å². The molecular weight excluding hydrogens is 248 g/mol. The van der Waals surface area contributed by atoms with Crippen LogP contribution in [0.1, 0.15) is 18.5 Å². The van der Waals surface area contributed by atoms with Gasteiger partial charge in [-0.3, -0.25) is 4.90 Å². The minimum Gasteiger partial charge on any atom is -0.379 e. The monoisotopic (exact) mass is 266 g/mol. The third-order valence-electron chi connectivity index (χ3n) is 3.02. The Bertz CT molecular complexity index is 381. The van der Waals surface area contributed by atoms with Gasteiger partial charge in [0.2, 0.25) is 0 Å². The average Bonchev–Trinajstić information content (AvgIpc) is 2.46. The van der Waals surface area contributed by atoms with Crippen LogP contribution in [-0.2, 0) is 4.74 Å². The molecule has 2 heterocycles. The Morgan fingerprint density at radius 1 is 1.56 bits per heavy atom. The molecule has 1 aliphatic heterocycles. The molecule has 1 aromatic heterocycles. The smallest absolute Gasteiger partial charge is 0.115 e. The summed E-state index contributed by atoms with van der Waals surface area (Å²) in [6.07, 6.45) is 3.29. The van der Waals surface area contributed by atoms with Crippen molar-refractivity contribution >= 4 is 17.2 Å². The van der Waals surface area contributed by atoms with E-state index in [1.165, 1.54) is 0 Å². The molecule has 6 heteroatoms. The average molecular weight is 266 g/mol. The van der Waals surface area contributed by atoms with Gasteiger partial charge in [0.15, 0.2) is 0 Å². The van der Waals surface area contributed by atoms with Crippen LogP contribution in [0, 0.1) is 0 Å². The molecule has 0 aliphatic carbocycles. The lowest BCUT2D eigenvalue weighted by Crippen LogP contribution is -2.44. The Kier molecular flexibility index (Phi) is 4.98. The Morgan fingerprint density at radius 2 is 2.33 bits per heavy atom. The van der Waals surface area contributed by atoms with Crippen LogP contribution in [0.2, 0.25) is 0 Å². The Morgan fingerprint density at radius 3 is 3.00 bits per heavy atom. The Labute approximate surface area is 113 Å². The summed E-state index contributed by atoms with van der Waals surface area (Å²) in [5.74, 6) is 0.115. The molecule has 0 spiro atoms. The van der Waals surface area contributed by atoms with Gasteiger partial charge in [-0.25, -0.2) is 9.97 Å². The van der Waals surface area contributed by atoms with Gasteiger partial charge < -0.3 is 10.1 Å². The molecule has 0 amide bonds. The second-order valence-corrected chi connectivity index (χ2v) is 4.73. The number of aromatic nitrogens is 2. The zero-order valence-electron chi connectivity index (χ0n) is 10.5. The van der Waals surface area contributed by atoms with Crippen LogP contribution in [-0.4, -0.2) is 52.8 Å². The highest BCUT2D eigenvalue weighted by Crippen LogP contribution is 2.12. The lowest BCUT2D eigenvalue weighted by atomic mass is 10.1. The third kappa shape index (κ3) is 3.69. The van der Waals surface area contributed by atoms with Gasteiger partial charge in [0.25, 0.3) is 0 Å². The highest BCUT2D eigenvalue weighted by Gasteiger charge is 2.14. The summed E-state index contributed by atoms with van der Waals surface area (Å²) < 4.78 is 5.30. The maximum atomic E-state index is 5.40. The summed E-state index contributed by atoms with van der Waals surface area (Å²) in [7, 11) is 0. The summed E-state index contributed by atoms with van der Waals surface area (Å²) in [6.45, 7) is 6.34. The van der Waals surface area contributed by atoms with E-state index in [2.05, 4.69) is 27.1 Å². The molecule has 1 fully saturated rings. The second-order valence-electron chi connectivity index (χ2n) is 4.29. The van der Waals surface area contributed by atoms with E-state index in [0.29, 0.717) is 0 Å². The minimum atomic E-state index is 0.115. The van der Waals surface area contributed by atoms with E-state index in [1.54, 1.807) is 12.5 Å². The van der Waals surface area contributed by atoms with Crippen LogP contribution in [0.5, 0.6) is 0 Å². The van der Waals surface area contributed by atoms with Crippen LogP contribution in [0.4, 0.5) is 0 Å². The topological polar surface area (TPSA) is 50.3 Å². The summed E-state index contributed by atoms with van der Waals surface area (Å²) in [5.41, 5.74) is 0.949. The maximum Gasteiger partial charge on any atom is 0.115 e. The molecule has 0 bridgehead atoms. The zero-order chi connectivity index (χ0) is 12.8. The number of nitrogens with one attached hydrogen (secondary N) is 1. The number of hydrogen-bond acceptors (Lipinski definition) is 5. The molecule has 1 aliphatic rings. The number of thiocarbonyl (C=S) groups is 1. The van der Waals surface area contributed by atoms with Crippen molar-refractivity contribution in [2.24, 2.45) is 0 Å². The van der Waals surface area contributed by atoms with Gasteiger partial charge in [0.1, 0.15) is 6.33 Å².